The van der Waals surface area contributed by atoms with Crippen molar-refractivity contribution in [2.75, 3.05) is 25.7 Å². The van der Waals surface area contributed by atoms with Gasteiger partial charge in [0.1, 0.15) is 41.1 Å². The highest BCUT2D eigenvalue weighted by molar-refractivity contribution is 7.15. The minimum atomic E-state index is -1.03. The number of carbonyl (C=O) groups is 3. The van der Waals surface area contributed by atoms with Gasteiger partial charge in [0.25, 0.3) is 11.8 Å². The van der Waals surface area contributed by atoms with Crippen molar-refractivity contribution in [3.8, 4) is 28.8 Å². The summed E-state index contributed by atoms with van der Waals surface area (Å²) in [4.78, 5) is 44.4. The van der Waals surface area contributed by atoms with Crippen LogP contribution in [0, 0.1) is 28.9 Å². The standard InChI is InChI=1S/C29H24F2N4O5S/c1-29(2,27(38)39-4)10-9-16-5-8-24-22(11-16)34(3)26(37)21(14-40-24)32-25(36)20-13-35-23(15-41-28(35)33-20)18-7-6-17(30)12-19(18)31/h5-8,11-13,15,21H,14H2,1-4H3,(H,32,36)/t21-/m0/s1. The lowest BCUT2D eigenvalue weighted by Gasteiger charge is -2.20. The van der Waals surface area contributed by atoms with E-state index in [-0.39, 0.29) is 17.9 Å². The molecule has 12 heteroatoms. The Kier molecular flexibility index (Phi) is 7.23. The van der Waals surface area contributed by atoms with Gasteiger partial charge in [0.2, 0.25) is 0 Å². The van der Waals surface area contributed by atoms with E-state index in [1.807, 2.05) is 0 Å². The van der Waals surface area contributed by atoms with Crippen molar-refractivity contribution in [2.24, 2.45) is 5.41 Å². The molecule has 0 aliphatic carbocycles. The molecule has 1 N–H and O–H groups in total. The largest absolute Gasteiger partial charge is 0.489 e. The average Bonchev–Trinajstić information content (AvgIpc) is 3.52. The maximum Gasteiger partial charge on any atom is 0.323 e. The molecule has 1 aliphatic rings. The number of carbonyl (C=O) groups excluding carboxylic acids is 3. The number of nitrogens with zero attached hydrogens (tertiary/aromatic N) is 3. The van der Waals surface area contributed by atoms with Gasteiger partial charge in [-0.15, -0.1) is 11.3 Å². The van der Waals surface area contributed by atoms with E-state index >= 15 is 0 Å². The second-order valence-corrected chi connectivity index (χ2v) is 10.6. The highest BCUT2D eigenvalue weighted by Crippen LogP contribution is 2.32. The summed E-state index contributed by atoms with van der Waals surface area (Å²) in [5.74, 6) is 3.29. The number of hydrogen-bond acceptors (Lipinski definition) is 7. The number of hydrogen-bond donors (Lipinski definition) is 1. The number of ether oxygens (including phenoxy) is 2. The molecule has 1 atom stereocenters. The van der Waals surface area contributed by atoms with Crippen molar-refractivity contribution in [1.29, 1.82) is 0 Å². The molecule has 0 spiro atoms. The molecular formula is C29H24F2N4O5S. The molecule has 2 amide bonds. The highest BCUT2D eigenvalue weighted by atomic mass is 32.1. The van der Waals surface area contributed by atoms with Crippen LogP contribution in [-0.4, -0.2) is 54.0 Å². The number of fused-ring (bicyclic) bond motifs is 2. The van der Waals surface area contributed by atoms with Gasteiger partial charge in [-0.1, -0.05) is 11.8 Å². The van der Waals surface area contributed by atoms with Crippen molar-refractivity contribution in [3.05, 3.63) is 70.9 Å². The summed E-state index contributed by atoms with van der Waals surface area (Å²) in [6, 6.07) is 7.26. The lowest BCUT2D eigenvalue weighted by Crippen LogP contribution is -2.49. The molecule has 0 saturated carbocycles. The van der Waals surface area contributed by atoms with Crippen LogP contribution in [-0.2, 0) is 14.3 Å². The van der Waals surface area contributed by atoms with Gasteiger partial charge < -0.3 is 19.7 Å². The van der Waals surface area contributed by atoms with Crippen LogP contribution >= 0.6 is 11.3 Å². The van der Waals surface area contributed by atoms with Gasteiger partial charge in [-0.25, -0.2) is 13.8 Å². The number of aromatic nitrogens is 2. The van der Waals surface area contributed by atoms with Crippen LogP contribution in [0.5, 0.6) is 5.75 Å². The topological polar surface area (TPSA) is 102 Å². The third-order valence-corrected chi connectivity index (χ3v) is 7.36. The van der Waals surface area contributed by atoms with Crippen molar-refractivity contribution in [1.82, 2.24) is 14.7 Å². The van der Waals surface area contributed by atoms with Crippen molar-refractivity contribution in [2.45, 2.75) is 19.9 Å². The lowest BCUT2D eigenvalue weighted by molar-refractivity contribution is -0.147. The first-order chi connectivity index (χ1) is 19.5. The number of esters is 1. The van der Waals surface area contributed by atoms with Crippen molar-refractivity contribution >= 4 is 39.8 Å². The van der Waals surface area contributed by atoms with E-state index in [4.69, 9.17) is 9.47 Å². The number of rotatable bonds is 4. The van der Waals surface area contributed by atoms with Crippen molar-refractivity contribution < 1.29 is 32.6 Å². The number of halogens is 2. The normalized spacial score (nSPS) is 14.9. The highest BCUT2D eigenvalue weighted by Gasteiger charge is 2.32. The van der Waals surface area contributed by atoms with Gasteiger partial charge in [-0.3, -0.25) is 18.8 Å². The summed E-state index contributed by atoms with van der Waals surface area (Å²) in [7, 11) is 2.85. The average molecular weight is 579 g/mol. The Morgan fingerprint density at radius 3 is 2.73 bits per heavy atom. The molecule has 1 aliphatic heterocycles. The summed E-state index contributed by atoms with van der Waals surface area (Å²) < 4.78 is 39.9. The molecule has 41 heavy (non-hydrogen) atoms. The van der Waals surface area contributed by atoms with Gasteiger partial charge in [0, 0.05) is 35.8 Å². The minimum Gasteiger partial charge on any atom is -0.489 e. The lowest BCUT2D eigenvalue weighted by atomic mass is 9.94. The Balaban J connectivity index is 1.34. The first-order valence-electron chi connectivity index (χ1n) is 12.4. The molecule has 2 aromatic carbocycles. The number of methoxy groups -OCH3 is 1. The van der Waals surface area contributed by atoms with E-state index in [0.29, 0.717) is 27.7 Å². The number of benzene rings is 2. The molecule has 0 saturated heterocycles. The van der Waals surface area contributed by atoms with Crippen LogP contribution in [0.15, 0.2) is 48.0 Å². The summed E-state index contributed by atoms with van der Waals surface area (Å²) in [6.45, 7) is 3.16. The third kappa shape index (κ3) is 5.36. The zero-order chi connectivity index (χ0) is 29.5. The number of likely N-dealkylation sites (N-methyl/N-ethyl adjacent to an activating group) is 1. The maximum absolute atomic E-state index is 14.4. The molecule has 0 bridgehead atoms. The molecule has 0 unspecified atom stereocenters. The van der Waals surface area contributed by atoms with Crippen molar-refractivity contribution in [3.63, 3.8) is 0 Å². The van der Waals surface area contributed by atoms with E-state index in [2.05, 4.69) is 22.1 Å². The van der Waals surface area contributed by atoms with E-state index in [0.717, 1.165) is 12.1 Å². The maximum atomic E-state index is 14.4. The van der Waals surface area contributed by atoms with Gasteiger partial charge in [-0.05, 0) is 44.2 Å². The van der Waals surface area contributed by atoms with Gasteiger partial charge in [0.05, 0.1) is 18.5 Å². The molecule has 3 heterocycles. The Morgan fingerprint density at radius 1 is 1.22 bits per heavy atom. The molecule has 2 aromatic heterocycles. The first-order valence-corrected chi connectivity index (χ1v) is 13.3. The van der Waals surface area contributed by atoms with E-state index in [1.54, 1.807) is 44.5 Å². The predicted molar refractivity (Wildman–Crippen MR) is 148 cm³/mol. The van der Waals surface area contributed by atoms with Crippen LogP contribution in [0.4, 0.5) is 14.5 Å². The summed E-state index contributed by atoms with van der Waals surface area (Å²) in [5, 5.41) is 4.33. The second kappa shape index (κ2) is 10.7. The van der Waals surface area contributed by atoms with Crippen LogP contribution in [0.25, 0.3) is 16.2 Å². The Labute approximate surface area is 237 Å². The summed E-state index contributed by atoms with van der Waals surface area (Å²) >= 11 is 1.19. The molecule has 0 fully saturated rings. The number of thiazole rings is 1. The quantitative estimate of drug-likeness (QED) is 0.290. The summed E-state index contributed by atoms with van der Waals surface area (Å²) in [5.41, 5.74) is 0.563. The fourth-order valence-electron chi connectivity index (χ4n) is 4.23. The number of nitrogens with one attached hydrogen (secondary N) is 1. The third-order valence-electron chi connectivity index (χ3n) is 6.52. The Morgan fingerprint density at radius 2 is 2.00 bits per heavy atom. The van der Waals surface area contributed by atoms with Gasteiger partial charge >= 0.3 is 5.97 Å². The van der Waals surface area contributed by atoms with E-state index < -0.39 is 40.9 Å². The molecule has 4 aromatic rings. The Bertz CT molecular complexity index is 1770. The Hall–Kier alpha value is -4.76. The number of imidazole rings is 1. The molecule has 0 radical (unpaired) electrons. The molecule has 5 rings (SSSR count). The fraction of sp³-hybridized carbons (Fsp3) is 0.241. The SMILES string of the molecule is COC(=O)C(C)(C)C#Cc1ccc2c(c1)N(C)C(=O)[C@@H](NC(=O)c1cn3c(-c4ccc(F)cc4F)csc3n1)CO2. The smallest absolute Gasteiger partial charge is 0.323 e. The molecule has 210 valence electrons. The van der Waals surface area contributed by atoms with E-state index in [9.17, 15) is 23.2 Å². The monoisotopic (exact) mass is 578 g/mol. The van der Waals surface area contributed by atoms with Crippen LogP contribution in [0.2, 0.25) is 0 Å². The van der Waals surface area contributed by atoms with Crippen LogP contribution in [0.3, 0.4) is 0 Å². The zero-order valence-electron chi connectivity index (χ0n) is 22.5. The predicted octanol–water partition coefficient (Wildman–Crippen LogP) is 4.05. The minimum absolute atomic E-state index is 0.0172. The zero-order valence-corrected chi connectivity index (χ0v) is 23.3. The number of amides is 2. The van der Waals surface area contributed by atoms with E-state index in [1.165, 1.54) is 40.0 Å². The summed E-state index contributed by atoms with van der Waals surface area (Å²) in [6.07, 6.45) is 1.43. The van der Waals surface area contributed by atoms with Gasteiger partial charge in [-0.2, -0.15) is 0 Å². The second-order valence-electron chi connectivity index (χ2n) is 9.81. The molecule has 9 nitrogen and oxygen atoms in total. The van der Waals surface area contributed by atoms with Gasteiger partial charge in [0.15, 0.2) is 4.96 Å². The van der Waals surface area contributed by atoms with Crippen LogP contribution in [0.1, 0.15) is 29.9 Å². The number of anilines is 1. The molecular weight excluding hydrogens is 554 g/mol. The van der Waals surface area contributed by atoms with Crippen LogP contribution < -0.4 is 15.0 Å². The fourth-order valence-corrected chi connectivity index (χ4v) is 5.10. The first kappa shape index (κ1) is 27.8.